The third-order valence-electron chi connectivity index (χ3n) is 3.58. The minimum Gasteiger partial charge on any atom is -0.494 e. The Bertz CT molecular complexity index is 778. The Balaban J connectivity index is 1.58. The van der Waals surface area contributed by atoms with E-state index in [4.69, 9.17) is 4.74 Å². The molecule has 2 aromatic carbocycles. The number of aromatic amines is 1. The molecular formula is C19H19N3O2. The highest BCUT2D eigenvalue weighted by molar-refractivity contribution is 5.92. The first-order valence-electron chi connectivity index (χ1n) is 7.86. The fourth-order valence-electron chi connectivity index (χ4n) is 2.41. The van der Waals surface area contributed by atoms with Crippen LogP contribution in [0.5, 0.6) is 5.75 Å². The number of aromatic nitrogens is 2. The van der Waals surface area contributed by atoms with Gasteiger partial charge in [0.25, 0.3) is 0 Å². The van der Waals surface area contributed by atoms with E-state index in [0.717, 1.165) is 28.3 Å². The first-order chi connectivity index (χ1) is 11.7. The number of hydrogen-bond acceptors (Lipinski definition) is 3. The number of H-pyrrole nitrogens is 1. The number of amides is 1. The van der Waals surface area contributed by atoms with Gasteiger partial charge < -0.3 is 10.1 Å². The van der Waals surface area contributed by atoms with Gasteiger partial charge in [-0.1, -0.05) is 24.3 Å². The van der Waals surface area contributed by atoms with E-state index >= 15 is 0 Å². The second-order valence-electron chi connectivity index (χ2n) is 5.35. The molecule has 0 saturated heterocycles. The van der Waals surface area contributed by atoms with Crippen LogP contribution in [-0.4, -0.2) is 22.7 Å². The maximum absolute atomic E-state index is 12.1. The molecule has 0 aliphatic carbocycles. The predicted molar refractivity (Wildman–Crippen MR) is 94.0 cm³/mol. The quantitative estimate of drug-likeness (QED) is 0.728. The zero-order valence-corrected chi connectivity index (χ0v) is 13.5. The van der Waals surface area contributed by atoms with Crippen molar-refractivity contribution >= 4 is 11.6 Å². The van der Waals surface area contributed by atoms with Crippen LogP contribution in [0.1, 0.15) is 12.5 Å². The van der Waals surface area contributed by atoms with Crippen LogP contribution < -0.4 is 10.1 Å². The van der Waals surface area contributed by atoms with Crippen LogP contribution in [0.25, 0.3) is 11.3 Å². The van der Waals surface area contributed by atoms with Crippen molar-refractivity contribution in [1.82, 2.24) is 10.2 Å². The zero-order chi connectivity index (χ0) is 16.8. The standard InChI is InChI=1S/C19H19N3O2/c1-2-24-17-9-3-14(4-10-17)13-19(23)21-16-7-5-15(6-8-16)18-11-12-20-22-18/h3-12H,2,13H2,1H3,(H,20,22)(H,21,23). The number of nitrogens with zero attached hydrogens (tertiary/aromatic N) is 1. The SMILES string of the molecule is CCOc1ccc(CC(=O)Nc2ccc(-c3ccn[nH]3)cc2)cc1. The molecule has 2 N–H and O–H groups in total. The molecule has 5 heteroatoms. The Morgan fingerprint density at radius 2 is 1.83 bits per heavy atom. The number of ether oxygens (including phenoxy) is 1. The molecule has 1 aromatic heterocycles. The Hall–Kier alpha value is -3.08. The maximum Gasteiger partial charge on any atom is 0.228 e. The maximum atomic E-state index is 12.1. The van der Waals surface area contributed by atoms with E-state index < -0.39 is 0 Å². The number of benzene rings is 2. The topological polar surface area (TPSA) is 67.0 Å². The number of anilines is 1. The third-order valence-corrected chi connectivity index (χ3v) is 3.58. The summed E-state index contributed by atoms with van der Waals surface area (Å²) < 4.78 is 5.40. The molecule has 1 amide bonds. The van der Waals surface area contributed by atoms with Crippen LogP contribution in [0.15, 0.2) is 60.8 Å². The van der Waals surface area contributed by atoms with Gasteiger partial charge in [-0.25, -0.2) is 0 Å². The van der Waals surface area contributed by atoms with Gasteiger partial charge in [0.1, 0.15) is 5.75 Å². The van der Waals surface area contributed by atoms with Crippen molar-refractivity contribution in [2.24, 2.45) is 0 Å². The molecule has 0 radical (unpaired) electrons. The second-order valence-corrected chi connectivity index (χ2v) is 5.35. The highest BCUT2D eigenvalue weighted by Gasteiger charge is 2.05. The Kier molecular flexibility index (Phi) is 4.91. The molecule has 0 atom stereocenters. The summed E-state index contributed by atoms with van der Waals surface area (Å²) in [5.74, 6) is 0.768. The number of nitrogens with one attached hydrogen (secondary N) is 2. The lowest BCUT2D eigenvalue weighted by Crippen LogP contribution is -2.14. The largest absolute Gasteiger partial charge is 0.494 e. The van der Waals surface area contributed by atoms with E-state index in [1.54, 1.807) is 6.20 Å². The summed E-state index contributed by atoms with van der Waals surface area (Å²) >= 11 is 0. The average molecular weight is 321 g/mol. The first kappa shape index (κ1) is 15.8. The smallest absolute Gasteiger partial charge is 0.228 e. The molecule has 5 nitrogen and oxygen atoms in total. The Morgan fingerprint density at radius 3 is 2.46 bits per heavy atom. The number of carbonyl (C=O) groups excluding carboxylic acids is 1. The summed E-state index contributed by atoms with van der Waals surface area (Å²) in [6, 6.07) is 17.1. The first-order valence-corrected chi connectivity index (χ1v) is 7.86. The fourth-order valence-corrected chi connectivity index (χ4v) is 2.41. The van der Waals surface area contributed by atoms with E-state index in [9.17, 15) is 4.79 Å². The van der Waals surface area contributed by atoms with Crippen molar-refractivity contribution in [3.05, 3.63) is 66.4 Å². The number of carbonyl (C=O) groups is 1. The lowest BCUT2D eigenvalue weighted by molar-refractivity contribution is -0.115. The molecule has 1 heterocycles. The van der Waals surface area contributed by atoms with Gasteiger partial charge in [-0.05, 0) is 48.4 Å². The molecule has 0 saturated carbocycles. The van der Waals surface area contributed by atoms with E-state index in [1.165, 1.54) is 0 Å². The van der Waals surface area contributed by atoms with Gasteiger partial charge in [0, 0.05) is 11.9 Å². The zero-order valence-electron chi connectivity index (χ0n) is 13.5. The molecule has 24 heavy (non-hydrogen) atoms. The summed E-state index contributed by atoms with van der Waals surface area (Å²) in [5.41, 5.74) is 3.69. The van der Waals surface area contributed by atoms with Gasteiger partial charge in [-0.15, -0.1) is 0 Å². The fraction of sp³-hybridized carbons (Fsp3) is 0.158. The van der Waals surface area contributed by atoms with Crippen molar-refractivity contribution in [2.75, 3.05) is 11.9 Å². The summed E-state index contributed by atoms with van der Waals surface area (Å²) in [6.45, 7) is 2.58. The Morgan fingerprint density at radius 1 is 1.08 bits per heavy atom. The van der Waals surface area contributed by atoms with Gasteiger partial charge >= 0.3 is 0 Å². The van der Waals surface area contributed by atoms with Crippen LogP contribution in [0.2, 0.25) is 0 Å². The monoisotopic (exact) mass is 321 g/mol. The molecule has 0 spiro atoms. The third kappa shape index (κ3) is 4.01. The molecule has 0 fully saturated rings. The van der Waals surface area contributed by atoms with Gasteiger partial charge in [-0.3, -0.25) is 9.89 Å². The molecule has 0 bridgehead atoms. The van der Waals surface area contributed by atoms with Crippen molar-refractivity contribution in [1.29, 1.82) is 0 Å². The number of rotatable bonds is 6. The average Bonchev–Trinajstić information content (AvgIpc) is 3.12. The second kappa shape index (κ2) is 7.46. The minimum absolute atomic E-state index is 0.0477. The van der Waals surface area contributed by atoms with Crippen molar-refractivity contribution in [2.45, 2.75) is 13.3 Å². The molecule has 0 unspecified atom stereocenters. The van der Waals surface area contributed by atoms with Crippen LogP contribution in [0.4, 0.5) is 5.69 Å². The molecule has 3 aromatic rings. The van der Waals surface area contributed by atoms with E-state index in [1.807, 2.05) is 61.5 Å². The summed E-state index contributed by atoms with van der Waals surface area (Å²) in [7, 11) is 0. The van der Waals surface area contributed by atoms with Crippen molar-refractivity contribution in [3.63, 3.8) is 0 Å². The molecule has 0 aliphatic rings. The van der Waals surface area contributed by atoms with E-state index in [-0.39, 0.29) is 5.91 Å². The summed E-state index contributed by atoms with van der Waals surface area (Å²) in [4.78, 5) is 12.1. The van der Waals surface area contributed by atoms with Gasteiger partial charge in [0.05, 0.1) is 18.7 Å². The van der Waals surface area contributed by atoms with Gasteiger partial charge in [0.15, 0.2) is 0 Å². The van der Waals surface area contributed by atoms with Gasteiger partial charge in [-0.2, -0.15) is 5.10 Å². The summed E-state index contributed by atoms with van der Waals surface area (Å²) in [5, 5.41) is 9.75. The van der Waals surface area contributed by atoms with Crippen LogP contribution in [-0.2, 0) is 11.2 Å². The van der Waals surface area contributed by atoms with Crippen LogP contribution in [0, 0.1) is 0 Å². The minimum atomic E-state index is -0.0477. The normalized spacial score (nSPS) is 10.4. The van der Waals surface area contributed by atoms with Crippen molar-refractivity contribution in [3.8, 4) is 17.0 Å². The van der Waals surface area contributed by atoms with E-state index in [2.05, 4.69) is 15.5 Å². The number of hydrogen-bond donors (Lipinski definition) is 2. The van der Waals surface area contributed by atoms with Crippen LogP contribution >= 0.6 is 0 Å². The molecule has 3 rings (SSSR count). The summed E-state index contributed by atoms with van der Waals surface area (Å²) in [6.07, 6.45) is 2.04. The highest BCUT2D eigenvalue weighted by Crippen LogP contribution is 2.19. The lowest BCUT2D eigenvalue weighted by atomic mass is 10.1. The highest BCUT2D eigenvalue weighted by atomic mass is 16.5. The molecule has 0 aliphatic heterocycles. The van der Waals surface area contributed by atoms with Crippen LogP contribution in [0.3, 0.4) is 0 Å². The lowest BCUT2D eigenvalue weighted by Gasteiger charge is -2.07. The molecule has 122 valence electrons. The predicted octanol–water partition coefficient (Wildman–Crippen LogP) is 3.66. The van der Waals surface area contributed by atoms with Crippen molar-refractivity contribution < 1.29 is 9.53 Å². The van der Waals surface area contributed by atoms with Gasteiger partial charge in [0.2, 0.25) is 5.91 Å². The Labute approximate surface area is 140 Å². The van der Waals surface area contributed by atoms with E-state index in [0.29, 0.717) is 13.0 Å². The molecular weight excluding hydrogens is 302 g/mol.